The molecule has 0 bridgehead atoms. The summed E-state index contributed by atoms with van der Waals surface area (Å²) >= 11 is 0. The van der Waals surface area contributed by atoms with Crippen LogP contribution in [0.15, 0.2) is 24.5 Å². The summed E-state index contributed by atoms with van der Waals surface area (Å²) in [5, 5.41) is 8.43. The van der Waals surface area contributed by atoms with Crippen molar-refractivity contribution < 1.29 is 0 Å². The zero-order valence-electron chi connectivity index (χ0n) is 5.15. The first-order chi connectivity index (χ1) is 4.97. The van der Waals surface area contributed by atoms with Crippen LogP contribution in [0.1, 0.15) is 0 Å². The lowest BCUT2D eigenvalue weighted by atomic mass is 10.3. The lowest BCUT2D eigenvalue weighted by Crippen LogP contribution is -1.82. The number of hydrogen-bond donors (Lipinski definition) is 0. The maximum absolute atomic E-state index is 3.90. The minimum Gasteiger partial charge on any atom is -0.262 e. The molecule has 0 atom stereocenters. The van der Waals surface area contributed by atoms with E-state index in [1.807, 2.05) is 6.07 Å². The number of pyridine rings is 1. The van der Waals surface area contributed by atoms with Crippen LogP contribution in [0.5, 0.6) is 0 Å². The number of aromatic nitrogens is 3. The van der Waals surface area contributed by atoms with E-state index in [9.17, 15) is 0 Å². The van der Waals surface area contributed by atoms with Crippen LogP contribution < -0.4 is 0 Å². The van der Waals surface area contributed by atoms with Crippen molar-refractivity contribution in [3.8, 4) is 0 Å². The maximum Gasteiger partial charge on any atom is 0.114 e. The van der Waals surface area contributed by atoms with Crippen LogP contribution in [0.4, 0.5) is 0 Å². The summed E-state index contributed by atoms with van der Waals surface area (Å²) in [4.78, 5) is 3.90. The number of hydrogen-bond acceptors (Lipinski definition) is 3. The van der Waals surface area contributed by atoms with Gasteiger partial charge in [0.15, 0.2) is 0 Å². The summed E-state index contributed by atoms with van der Waals surface area (Å²) in [6.07, 6.45) is 6.04. The molecule has 10 heavy (non-hydrogen) atoms. The predicted octanol–water partition coefficient (Wildman–Crippen LogP) is 0.825. The van der Waals surface area contributed by atoms with Crippen LogP contribution in [-0.2, 0) is 0 Å². The van der Waals surface area contributed by atoms with Crippen LogP contribution in [0.2, 0.25) is 0 Å². The first kappa shape index (κ1) is 5.29. The van der Waals surface area contributed by atoms with Gasteiger partial charge in [-0.1, -0.05) is 0 Å². The van der Waals surface area contributed by atoms with Crippen LogP contribution in [0, 0.1) is 6.20 Å². The van der Waals surface area contributed by atoms with Crippen LogP contribution in [0.3, 0.4) is 0 Å². The van der Waals surface area contributed by atoms with E-state index in [-0.39, 0.29) is 0 Å². The highest BCUT2D eigenvalue weighted by Gasteiger charge is 1.89. The Balaban J connectivity index is 2.89. The molecular formula is C7H4N3. The van der Waals surface area contributed by atoms with Crippen molar-refractivity contribution >= 4 is 10.9 Å². The molecule has 2 aromatic rings. The first-order valence-corrected chi connectivity index (χ1v) is 2.90. The molecule has 0 N–H and O–H groups in total. The molecule has 47 valence electrons. The van der Waals surface area contributed by atoms with E-state index in [4.69, 9.17) is 0 Å². The van der Waals surface area contributed by atoms with Gasteiger partial charge >= 0.3 is 0 Å². The van der Waals surface area contributed by atoms with Crippen LogP contribution in [-0.4, -0.2) is 15.2 Å². The van der Waals surface area contributed by atoms with Crippen molar-refractivity contribution in [2.75, 3.05) is 0 Å². The van der Waals surface area contributed by atoms with Gasteiger partial charge in [-0.05, 0) is 12.1 Å². The Hall–Kier alpha value is -1.51. The van der Waals surface area contributed by atoms with E-state index in [0.29, 0.717) is 0 Å². The van der Waals surface area contributed by atoms with E-state index >= 15 is 0 Å². The molecule has 1 radical (unpaired) electrons. The fraction of sp³-hybridized carbons (Fsp3) is 0. The van der Waals surface area contributed by atoms with Crippen LogP contribution >= 0.6 is 0 Å². The lowest BCUT2D eigenvalue weighted by Gasteiger charge is -1.89. The molecule has 0 spiro atoms. The molecular weight excluding hydrogens is 126 g/mol. The molecule has 0 unspecified atom stereocenters. The van der Waals surface area contributed by atoms with Gasteiger partial charge in [-0.3, -0.25) is 4.98 Å². The summed E-state index contributed by atoms with van der Waals surface area (Å²) in [6, 6.07) is 3.66. The van der Waals surface area contributed by atoms with Gasteiger partial charge in [0.2, 0.25) is 0 Å². The minimum absolute atomic E-state index is 0.807. The van der Waals surface area contributed by atoms with Gasteiger partial charge < -0.3 is 0 Å². The third kappa shape index (κ3) is 0.719. The molecule has 0 fully saturated rings. The van der Waals surface area contributed by atoms with E-state index in [1.165, 1.54) is 0 Å². The van der Waals surface area contributed by atoms with E-state index in [0.717, 1.165) is 10.9 Å². The second-order valence-corrected chi connectivity index (χ2v) is 1.91. The molecule has 0 saturated carbocycles. The summed E-state index contributed by atoms with van der Waals surface area (Å²) in [5.74, 6) is 0. The molecule has 0 aliphatic rings. The Kier molecular flexibility index (Phi) is 1.07. The van der Waals surface area contributed by atoms with Crippen molar-refractivity contribution in [2.45, 2.75) is 0 Å². The molecule has 2 aromatic heterocycles. The summed E-state index contributed by atoms with van der Waals surface area (Å²) in [6.45, 7) is 0. The highest BCUT2D eigenvalue weighted by Crippen LogP contribution is 2.04. The fourth-order valence-electron chi connectivity index (χ4n) is 0.784. The van der Waals surface area contributed by atoms with Crippen molar-refractivity contribution in [2.24, 2.45) is 0 Å². The SMILES string of the molecule is [c]1cc2ccncc2nn1. The Morgan fingerprint density at radius 3 is 3.30 bits per heavy atom. The normalized spacial score (nSPS) is 10.0. The summed E-state index contributed by atoms with van der Waals surface area (Å²) in [7, 11) is 0. The van der Waals surface area contributed by atoms with E-state index in [1.54, 1.807) is 18.5 Å². The van der Waals surface area contributed by atoms with Gasteiger partial charge in [-0.2, -0.15) is 0 Å². The van der Waals surface area contributed by atoms with Crippen molar-refractivity contribution in [3.63, 3.8) is 0 Å². The largest absolute Gasteiger partial charge is 0.262 e. The molecule has 3 heteroatoms. The number of fused-ring (bicyclic) bond motifs is 1. The second kappa shape index (κ2) is 2.02. The standard InChI is InChI=1S/C7H4N3/c1-3-8-5-7-6(1)2-4-9-10-7/h1-3,5H. The Labute approximate surface area is 57.7 Å². The molecule has 2 heterocycles. The second-order valence-electron chi connectivity index (χ2n) is 1.91. The summed E-state index contributed by atoms with van der Waals surface area (Å²) < 4.78 is 0. The van der Waals surface area contributed by atoms with Gasteiger partial charge in [0.25, 0.3) is 0 Å². The predicted molar refractivity (Wildman–Crippen MR) is 36.2 cm³/mol. The number of nitrogens with zero attached hydrogens (tertiary/aromatic N) is 3. The van der Waals surface area contributed by atoms with Gasteiger partial charge in [0, 0.05) is 11.6 Å². The van der Waals surface area contributed by atoms with Crippen molar-refractivity contribution in [3.05, 3.63) is 30.7 Å². The summed E-state index contributed by atoms with van der Waals surface area (Å²) in [5.41, 5.74) is 0.807. The van der Waals surface area contributed by atoms with Gasteiger partial charge in [-0.25, -0.2) is 0 Å². The monoisotopic (exact) mass is 130 g/mol. The third-order valence-corrected chi connectivity index (χ3v) is 1.27. The lowest BCUT2D eigenvalue weighted by molar-refractivity contribution is 1.06. The zero-order valence-corrected chi connectivity index (χ0v) is 5.15. The smallest absolute Gasteiger partial charge is 0.114 e. The highest BCUT2D eigenvalue weighted by atomic mass is 15.1. The molecule has 3 nitrogen and oxygen atoms in total. The molecule has 2 rings (SSSR count). The first-order valence-electron chi connectivity index (χ1n) is 2.90. The zero-order chi connectivity index (χ0) is 6.81. The van der Waals surface area contributed by atoms with E-state index in [2.05, 4.69) is 21.4 Å². The average Bonchev–Trinajstić information content (AvgIpc) is 2.05. The Morgan fingerprint density at radius 1 is 1.40 bits per heavy atom. The quantitative estimate of drug-likeness (QED) is 0.530. The Bertz CT molecular complexity index is 280. The van der Waals surface area contributed by atoms with E-state index < -0.39 is 0 Å². The van der Waals surface area contributed by atoms with Gasteiger partial charge in [0.1, 0.15) is 11.7 Å². The molecule has 0 aromatic carbocycles. The topological polar surface area (TPSA) is 38.7 Å². The van der Waals surface area contributed by atoms with Gasteiger partial charge in [-0.15, -0.1) is 10.2 Å². The fourth-order valence-corrected chi connectivity index (χ4v) is 0.784. The molecule has 0 aliphatic carbocycles. The highest BCUT2D eigenvalue weighted by molar-refractivity contribution is 5.75. The number of rotatable bonds is 0. The molecule has 0 amide bonds. The van der Waals surface area contributed by atoms with Gasteiger partial charge in [0.05, 0.1) is 6.20 Å². The third-order valence-electron chi connectivity index (χ3n) is 1.27. The average molecular weight is 130 g/mol. The molecule has 0 saturated heterocycles. The van der Waals surface area contributed by atoms with Crippen molar-refractivity contribution in [1.29, 1.82) is 0 Å². The minimum atomic E-state index is 0.807. The maximum atomic E-state index is 3.90. The van der Waals surface area contributed by atoms with Crippen LogP contribution in [0.25, 0.3) is 10.9 Å². The van der Waals surface area contributed by atoms with Crippen molar-refractivity contribution in [1.82, 2.24) is 15.2 Å². The molecule has 0 aliphatic heterocycles. The Morgan fingerprint density at radius 2 is 2.40 bits per heavy atom.